The van der Waals surface area contributed by atoms with E-state index in [9.17, 15) is 37.1 Å². The molecule has 2 heterocycles. The summed E-state index contributed by atoms with van der Waals surface area (Å²) < 4.78 is 77.4. The third-order valence-corrected chi connectivity index (χ3v) is 6.19. The lowest BCUT2D eigenvalue weighted by molar-refractivity contribution is -0.294. The van der Waals surface area contributed by atoms with E-state index in [1.807, 2.05) is 6.07 Å². The van der Waals surface area contributed by atoms with Crippen LogP contribution in [0.3, 0.4) is 0 Å². The fourth-order valence-electron chi connectivity index (χ4n) is 4.07. The molecule has 0 spiro atoms. The molecule has 0 bridgehead atoms. The van der Waals surface area contributed by atoms with Gasteiger partial charge in [0.25, 0.3) is 5.91 Å². The van der Waals surface area contributed by atoms with Crippen molar-refractivity contribution in [2.24, 2.45) is 7.05 Å². The Morgan fingerprint density at radius 3 is 2.44 bits per heavy atom. The number of amides is 1. The number of aliphatic hydroxyl groups is 1. The molecular weight excluding hydrogens is 559 g/mol. The number of nitriles is 1. The number of benzene rings is 2. The van der Waals surface area contributed by atoms with Crippen LogP contribution in [0.25, 0.3) is 22.2 Å². The molecule has 1 saturated heterocycles. The maximum atomic E-state index is 13.3. The number of carbonyl (C=O) groups is 1. The number of likely N-dealkylation sites (tertiary alicyclic amines) is 1. The highest BCUT2D eigenvalue weighted by molar-refractivity contribution is 9.10. The van der Waals surface area contributed by atoms with Gasteiger partial charge < -0.3 is 19.5 Å². The second-order valence-electron chi connectivity index (χ2n) is 8.05. The molecule has 0 unspecified atom stereocenters. The van der Waals surface area contributed by atoms with E-state index < -0.39 is 48.7 Å². The van der Waals surface area contributed by atoms with E-state index in [0.29, 0.717) is 26.0 Å². The number of hydrogen-bond acceptors (Lipinski definition) is 6. The van der Waals surface area contributed by atoms with Crippen molar-refractivity contribution in [2.45, 2.75) is 18.4 Å². The zero-order valence-electron chi connectivity index (χ0n) is 18.5. The van der Waals surface area contributed by atoms with E-state index in [1.165, 1.54) is 10.7 Å². The normalized spacial score (nSPS) is 15.1. The molecule has 0 atom stereocenters. The van der Waals surface area contributed by atoms with Crippen LogP contribution in [0.1, 0.15) is 15.9 Å². The van der Waals surface area contributed by atoms with E-state index >= 15 is 0 Å². The average molecular weight is 575 g/mol. The van der Waals surface area contributed by atoms with Crippen molar-refractivity contribution < 1.29 is 41.3 Å². The Kier molecular flexibility index (Phi) is 6.34. The molecule has 14 heteroatoms. The standard InChI is InChI=1S/C22H16BrF5N4O4/c1-31-18(16-11(7-29)3-12(23)6-13(16)30-31)10-4-14(35-2)17(15(5-10)36-20(24)25)19(33)32-8-21(34,9-32)22(26,27)28/h3-6,20,34H,8-9H2,1-2H3. The Morgan fingerprint density at radius 2 is 1.89 bits per heavy atom. The quantitative estimate of drug-likeness (QED) is 0.458. The molecule has 4 rings (SSSR count). The minimum atomic E-state index is -4.98. The van der Waals surface area contributed by atoms with Crippen LogP contribution >= 0.6 is 15.9 Å². The van der Waals surface area contributed by atoms with Crippen molar-refractivity contribution in [1.82, 2.24) is 14.7 Å². The molecule has 1 fully saturated rings. The molecular formula is C22H16BrF5N4O4. The SMILES string of the molecule is COc1cc(-c2c3c(C#N)cc(Br)cc3nn2C)cc(OC(F)F)c1C(=O)N1CC(O)(C(F)(F)F)C1. The monoisotopic (exact) mass is 574 g/mol. The number of aryl methyl sites for hydroxylation is 1. The Bertz CT molecular complexity index is 1410. The van der Waals surface area contributed by atoms with Gasteiger partial charge in [-0.15, -0.1) is 0 Å². The summed E-state index contributed by atoms with van der Waals surface area (Å²) in [7, 11) is 2.70. The van der Waals surface area contributed by atoms with Crippen molar-refractivity contribution in [3.63, 3.8) is 0 Å². The molecule has 0 radical (unpaired) electrons. The average Bonchev–Trinajstić information content (AvgIpc) is 3.09. The van der Waals surface area contributed by atoms with Crippen LogP contribution in [0.15, 0.2) is 28.7 Å². The molecule has 1 aromatic heterocycles. The molecule has 1 aliphatic heterocycles. The van der Waals surface area contributed by atoms with Gasteiger partial charge in [0.2, 0.25) is 0 Å². The van der Waals surface area contributed by atoms with Crippen molar-refractivity contribution in [1.29, 1.82) is 5.26 Å². The van der Waals surface area contributed by atoms with Crippen molar-refractivity contribution in [3.05, 3.63) is 39.9 Å². The highest BCUT2D eigenvalue weighted by Gasteiger charge is 2.62. The third-order valence-electron chi connectivity index (χ3n) is 5.73. The molecule has 1 N–H and O–H groups in total. The largest absolute Gasteiger partial charge is 0.496 e. The van der Waals surface area contributed by atoms with E-state index in [2.05, 4.69) is 25.8 Å². The molecule has 3 aromatic rings. The van der Waals surface area contributed by atoms with E-state index in [-0.39, 0.29) is 16.9 Å². The van der Waals surface area contributed by atoms with E-state index in [1.54, 1.807) is 19.2 Å². The number of halogens is 6. The summed E-state index contributed by atoms with van der Waals surface area (Å²) in [4.78, 5) is 13.7. The summed E-state index contributed by atoms with van der Waals surface area (Å²) in [6.45, 7) is -5.55. The van der Waals surface area contributed by atoms with Crippen LogP contribution in [0, 0.1) is 11.3 Å². The number of nitrogens with zero attached hydrogens (tertiary/aromatic N) is 4. The first-order chi connectivity index (χ1) is 16.8. The number of rotatable bonds is 5. The number of alkyl halides is 5. The summed E-state index contributed by atoms with van der Waals surface area (Å²) in [6.07, 6.45) is -4.98. The second kappa shape index (κ2) is 8.90. The van der Waals surface area contributed by atoms with Gasteiger partial charge in [0.1, 0.15) is 17.1 Å². The molecule has 0 saturated carbocycles. The van der Waals surface area contributed by atoms with Gasteiger partial charge in [-0.1, -0.05) is 15.9 Å². The fraction of sp³-hybridized carbons (Fsp3) is 0.318. The maximum absolute atomic E-state index is 13.3. The van der Waals surface area contributed by atoms with Gasteiger partial charge in [0, 0.05) is 22.5 Å². The number of hydrogen-bond donors (Lipinski definition) is 1. The van der Waals surface area contributed by atoms with Gasteiger partial charge in [0.15, 0.2) is 5.60 Å². The van der Waals surface area contributed by atoms with Crippen molar-refractivity contribution in [3.8, 4) is 28.8 Å². The lowest BCUT2D eigenvalue weighted by Crippen LogP contribution is -2.70. The molecule has 1 aliphatic rings. The lowest BCUT2D eigenvalue weighted by atomic mass is 9.92. The first-order valence-corrected chi connectivity index (χ1v) is 10.9. The minimum absolute atomic E-state index is 0.193. The first kappa shape index (κ1) is 25.6. The van der Waals surface area contributed by atoms with Gasteiger partial charge in [-0.3, -0.25) is 9.48 Å². The van der Waals surface area contributed by atoms with Gasteiger partial charge >= 0.3 is 12.8 Å². The number of methoxy groups -OCH3 is 1. The smallest absolute Gasteiger partial charge is 0.420 e. The molecule has 190 valence electrons. The zero-order chi connectivity index (χ0) is 26.6. The van der Waals surface area contributed by atoms with Crippen LogP contribution in [-0.4, -0.2) is 64.3 Å². The third kappa shape index (κ3) is 4.22. The number of β-amino-alcohol motifs (C(OH)–C–C–N with tert-alkyl or cyclic N) is 1. The second-order valence-corrected chi connectivity index (χ2v) is 8.97. The molecule has 2 aromatic carbocycles. The Labute approximate surface area is 208 Å². The summed E-state index contributed by atoms with van der Waals surface area (Å²) in [5.41, 5.74) is -2.49. The Morgan fingerprint density at radius 1 is 1.25 bits per heavy atom. The highest BCUT2D eigenvalue weighted by atomic mass is 79.9. The van der Waals surface area contributed by atoms with Gasteiger partial charge in [-0.05, 0) is 24.3 Å². The van der Waals surface area contributed by atoms with Crippen LogP contribution in [0.4, 0.5) is 22.0 Å². The number of aromatic nitrogens is 2. The van der Waals surface area contributed by atoms with Crippen LogP contribution in [-0.2, 0) is 7.05 Å². The maximum Gasteiger partial charge on any atom is 0.420 e. The summed E-state index contributed by atoms with van der Waals surface area (Å²) in [6, 6.07) is 7.64. The minimum Gasteiger partial charge on any atom is -0.496 e. The van der Waals surface area contributed by atoms with Crippen LogP contribution < -0.4 is 9.47 Å². The van der Waals surface area contributed by atoms with E-state index in [0.717, 1.165) is 13.2 Å². The van der Waals surface area contributed by atoms with Crippen molar-refractivity contribution in [2.75, 3.05) is 20.2 Å². The summed E-state index contributed by atoms with van der Waals surface area (Å²) >= 11 is 3.29. The van der Waals surface area contributed by atoms with Crippen LogP contribution in [0.5, 0.6) is 11.5 Å². The van der Waals surface area contributed by atoms with Crippen molar-refractivity contribution >= 4 is 32.7 Å². The Hall–Kier alpha value is -3.44. The summed E-state index contributed by atoms with van der Waals surface area (Å²) in [5, 5.41) is 24.0. The lowest BCUT2D eigenvalue weighted by Gasteiger charge is -2.47. The Balaban J connectivity index is 1.86. The number of ether oxygens (including phenoxy) is 2. The topological polar surface area (TPSA) is 101 Å². The molecule has 8 nitrogen and oxygen atoms in total. The van der Waals surface area contributed by atoms with E-state index in [4.69, 9.17) is 4.74 Å². The first-order valence-electron chi connectivity index (χ1n) is 10.1. The van der Waals surface area contributed by atoms with Crippen LogP contribution in [0.2, 0.25) is 0 Å². The highest BCUT2D eigenvalue weighted by Crippen LogP contribution is 2.43. The van der Waals surface area contributed by atoms with Gasteiger partial charge in [-0.25, -0.2) is 0 Å². The van der Waals surface area contributed by atoms with Gasteiger partial charge in [0.05, 0.1) is 43.0 Å². The number of carbonyl (C=O) groups excluding carboxylic acids is 1. The predicted octanol–water partition coefficient (Wildman–Crippen LogP) is 4.23. The molecule has 0 aliphatic carbocycles. The predicted molar refractivity (Wildman–Crippen MR) is 119 cm³/mol. The zero-order valence-corrected chi connectivity index (χ0v) is 20.1. The molecule has 1 amide bonds. The fourth-order valence-corrected chi connectivity index (χ4v) is 4.51. The van der Waals surface area contributed by atoms with Gasteiger partial charge in [-0.2, -0.15) is 32.3 Å². The molecule has 36 heavy (non-hydrogen) atoms. The number of fused-ring (bicyclic) bond motifs is 1. The summed E-state index contributed by atoms with van der Waals surface area (Å²) in [5.74, 6) is -2.02.